The highest BCUT2D eigenvalue weighted by molar-refractivity contribution is 7.99. The van der Waals surface area contributed by atoms with Gasteiger partial charge in [-0.25, -0.2) is 13.5 Å². The second-order valence-electron chi connectivity index (χ2n) is 6.22. The van der Waals surface area contributed by atoms with Crippen molar-refractivity contribution in [1.82, 2.24) is 14.3 Å². The highest BCUT2D eigenvalue weighted by Crippen LogP contribution is 2.18. The number of hydrogen-bond acceptors (Lipinski definition) is 5. The summed E-state index contributed by atoms with van der Waals surface area (Å²) in [6.45, 7) is -0.132. The van der Waals surface area contributed by atoms with Gasteiger partial charge in [-0.3, -0.25) is 9.59 Å². The molecular formula is C17H25F2N3O4S2. The third kappa shape index (κ3) is 10.6. The second-order valence-corrected chi connectivity index (χ2v) is 9.17. The fourth-order valence-electron chi connectivity index (χ4n) is 1.98. The van der Waals surface area contributed by atoms with E-state index in [1.54, 1.807) is 11.8 Å². The van der Waals surface area contributed by atoms with Crippen LogP contribution < -0.4 is 10.0 Å². The minimum absolute atomic E-state index is 0.0185. The molecule has 0 aliphatic carbocycles. The molecule has 0 bridgehead atoms. The topological polar surface area (TPSA) is 95.6 Å². The van der Waals surface area contributed by atoms with Gasteiger partial charge in [0.25, 0.3) is 0 Å². The summed E-state index contributed by atoms with van der Waals surface area (Å²) in [7, 11) is -3.06. The molecule has 0 aliphatic heterocycles. The Hall–Kier alpha value is -1.72. The third-order valence-electron chi connectivity index (χ3n) is 3.47. The van der Waals surface area contributed by atoms with Crippen LogP contribution in [0.25, 0.3) is 0 Å². The molecule has 0 unspecified atom stereocenters. The molecule has 1 rings (SSSR count). The van der Waals surface area contributed by atoms with E-state index in [-0.39, 0.29) is 13.0 Å². The van der Waals surface area contributed by atoms with Crippen LogP contribution in [0.4, 0.5) is 8.78 Å². The van der Waals surface area contributed by atoms with Crippen LogP contribution in [0, 0.1) is 0 Å². The lowest BCUT2D eigenvalue weighted by atomic mass is 10.3. The van der Waals surface area contributed by atoms with E-state index >= 15 is 0 Å². The number of carbonyl (C=O) groups is 2. The fraction of sp³-hybridized carbons (Fsp3) is 0.529. The number of nitrogens with one attached hydrogen (secondary N) is 2. The van der Waals surface area contributed by atoms with Crippen molar-refractivity contribution in [3.8, 4) is 0 Å². The van der Waals surface area contributed by atoms with Crippen LogP contribution in [-0.2, 0) is 19.8 Å². The molecule has 0 aliphatic rings. The lowest BCUT2D eigenvalue weighted by Crippen LogP contribution is -2.46. The molecule has 0 atom stereocenters. The molecule has 28 heavy (non-hydrogen) atoms. The van der Waals surface area contributed by atoms with Crippen molar-refractivity contribution < 1.29 is 26.8 Å². The molecule has 0 saturated heterocycles. The number of halogens is 2. The van der Waals surface area contributed by atoms with Crippen molar-refractivity contribution in [2.45, 2.75) is 37.0 Å². The van der Waals surface area contributed by atoms with Gasteiger partial charge >= 0.3 is 10.2 Å². The summed E-state index contributed by atoms with van der Waals surface area (Å²) in [6.07, 6.45) is -0.0477. The van der Waals surface area contributed by atoms with Crippen molar-refractivity contribution in [2.75, 3.05) is 25.9 Å². The van der Waals surface area contributed by atoms with E-state index in [0.717, 1.165) is 18.9 Å². The molecule has 158 valence electrons. The van der Waals surface area contributed by atoms with E-state index in [9.17, 15) is 26.8 Å². The van der Waals surface area contributed by atoms with Crippen LogP contribution in [0.3, 0.4) is 0 Å². The number of hydrogen-bond donors (Lipinski definition) is 2. The first-order valence-electron chi connectivity index (χ1n) is 8.59. The van der Waals surface area contributed by atoms with Gasteiger partial charge in [0, 0.05) is 31.3 Å². The van der Waals surface area contributed by atoms with Crippen LogP contribution in [-0.4, -0.2) is 56.3 Å². The molecule has 1 aromatic rings. The van der Waals surface area contributed by atoms with E-state index in [0.29, 0.717) is 16.5 Å². The van der Waals surface area contributed by atoms with Crippen molar-refractivity contribution in [3.05, 3.63) is 30.3 Å². The Morgan fingerprint density at radius 1 is 1.18 bits per heavy atom. The van der Waals surface area contributed by atoms with Gasteiger partial charge in [0.2, 0.25) is 17.7 Å². The van der Waals surface area contributed by atoms with Gasteiger partial charge in [-0.05, 0) is 31.2 Å². The zero-order valence-corrected chi connectivity index (χ0v) is 17.4. The maximum Gasteiger partial charge on any atom is 0.304 e. The van der Waals surface area contributed by atoms with Gasteiger partial charge in [-0.2, -0.15) is 12.7 Å². The van der Waals surface area contributed by atoms with E-state index in [4.69, 9.17) is 0 Å². The van der Waals surface area contributed by atoms with Gasteiger partial charge < -0.3 is 5.32 Å². The number of thioether (sulfide) groups is 1. The summed E-state index contributed by atoms with van der Waals surface area (Å²) in [6, 6.07) is 9.59. The third-order valence-corrected chi connectivity index (χ3v) is 6.00. The molecular weight excluding hydrogens is 412 g/mol. The van der Waals surface area contributed by atoms with Gasteiger partial charge in [0.05, 0.1) is 6.54 Å². The average molecular weight is 438 g/mol. The normalized spacial score (nSPS) is 12.0. The Morgan fingerprint density at radius 2 is 1.82 bits per heavy atom. The van der Waals surface area contributed by atoms with E-state index in [1.165, 1.54) is 0 Å². The molecule has 0 spiro atoms. The van der Waals surface area contributed by atoms with Crippen LogP contribution >= 0.6 is 11.8 Å². The van der Waals surface area contributed by atoms with Gasteiger partial charge in [-0.15, -0.1) is 11.8 Å². The second kappa shape index (κ2) is 11.3. The number of likely N-dealkylation sites (N-methyl/N-ethyl adjacent to an activating group) is 1. The van der Waals surface area contributed by atoms with Gasteiger partial charge in [0.15, 0.2) is 0 Å². The molecule has 0 fully saturated rings. The Kier molecular flexibility index (Phi) is 9.83. The van der Waals surface area contributed by atoms with E-state index in [2.05, 4.69) is 5.32 Å². The largest absolute Gasteiger partial charge is 0.355 e. The summed E-state index contributed by atoms with van der Waals surface area (Å²) in [5, 5.41) is 2.21. The summed E-state index contributed by atoms with van der Waals surface area (Å²) in [5.41, 5.74) is 0. The number of amides is 2. The SMILES string of the molecule is CN(CC(=O)NCCC(C)(F)F)S(=O)(=O)NC(=O)CCCSc1ccccc1. The predicted octanol–water partition coefficient (Wildman–Crippen LogP) is 2.01. The lowest BCUT2D eigenvalue weighted by Gasteiger charge is -2.17. The first kappa shape index (κ1) is 24.3. The predicted molar refractivity (Wildman–Crippen MR) is 104 cm³/mol. The van der Waals surface area contributed by atoms with Crippen LogP contribution in [0.1, 0.15) is 26.2 Å². The zero-order valence-electron chi connectivity index (χ0n) is 15.8. The highest BCUT2D eigenvalue weighted by Gasteiger charge is 2.24. The number of nitrogens with zero attached hydrogens (tertiary/aromatic N) is 1. The van der Waals surface area contributed by atoms with Crippen LogP contribution in [0.2, 0.25) is 0 Å². The molecule has 0 heterocycles. The Morgan fingerprint density at radius 3 is 2.43 bits per heavy atom. The standard InChI is InChI=1S/C17H25F2N3O4S2/c1-17(18,19)10-11-20-16(24)13-22(2)28(25,26)21-15(23)9-6-12-27-14-7-4-3-5-8-14/h3-5,7-8H,6,9-13H2,1-2H3,(H,20,24)(H,21,23). The number of alkyl halides is 2. The Labute approximate surface area is 168 Å². The van der Waals surface area contributed by atoms with Crippen molar-refractivity contribution in [1.29, 1.82) is 0 Å². The molecule has 7 nitrogen and oxygen atoms in total. The zero-order chi connectivity index (χ0) is 21.2. The maximum atomic E-state index is 12.7. The summed E-state index contributed by atoms with van der Waals surface area (Å²) in [5.74, 6) is -3.68. The quantitative estimate of drug-likeness (QED) is 0.385. The average Bonchev–Trinajstić information content (AvgIpc) is 2.58. The molecule has 0 saturated carbocycles. The first-order chi connectivity index (χ1) is 13.0. The first-order valence-corrected chi connectivity index (χ1v) is 11.0. The molecule has 2 N–H and O–H groups in total. The monoisotopic (exact) mass is 437 g/mol. The van der Waals surface area contributed by atoms with Crippen molar-refractivity contribution in [2.24, 2.45) is 0 Å². The molecule has 0 aromatic heterocycles. The van der Waals surface area contributed by atoms with E-state index in [1.807, 2.05) is 35.1 Å². The smallest absolute Gasteiger partial charge is 0.304 e. The number of rotatable bonds is 12. The van der Waals surface area contributed by atoms with E-state index < -0.39 is 40.9 Å². The Balaban J connectivity index is 2.32. The van der Waals surface area contributed by atoms with Gasteiger partial charge in [-0.1, -0.05) is 18.2 Å². The minimum atomic E-state index is -4.18. The Bertz CT molecular complexity index is 741. The lowest BCUT2D eigenvalue weighted by molar-refractivity contribution is -0.122. The van der Waals surface area contributed by atoms with Crippen LogP contribution in [0.5, 0.6) is 0 Å². The number of benzene rings is 1. The van der Waals surface area contributed by atoms with Crippen LogP contribution in [0.15, 0.2) is 35.2 Å². The number of carbonyl (C=O) groups excluding carboxylic acids is 2. The highest BCUT2D eigenvalue weighted by atomic mass is 32.2. The maximum absolute atomic E-state index is 12.7. The summed E-state index contributed by atoms with van der Waals surface area (Å²) in [4.78, 5) is 24.5. The summed E-state index contributed by atoms with van der Waals surface area (Å²) < 4.78 is 52.0. The fourth-order valence-corrected chi connectivity index (χ4v) is 3.68. The minimum Gasteiger partial charge on any atom is -0.355 e. The molecule has 2 amide bonds. The van der Waals surface area contributed by atoms with Crippen molar-refractivity contribution in [3.63, 3.8) is 0 Å². The van der Waals surface area contributed by atoms with Gasteiger partial charge in [0.1, 0.15) is 0 Å². The molecule has 0 radical (unpaired) electrons. The molecule has 11 heteroatoms. The summed E-state index contributed by atoms with van der Waals surface area (Å²) >= 11 is 1.56. The van der Waals surface area contributed by atoms with Crippen molar-refractivity contribution >= 4 is 33.8 Å². The molecule has 1 aromatic carbocycles.